The number of aliphatic hydroxyl groups excluding tert-OH is 1. The second kappa shape index (κ2) is 12.7. The van der Waals surface area contributed by atoms with Crippen molar-refractivity contribution in [3.8, 4) is 0 Å². The van der Waals surface area contributed by atoms with Gasteiger partial charge in [-0.15, -0.1) is 0 Å². The Hall–Kier alpha value is -5.31. The molecule has 214 valence electrons. The second-order valence-corrected chi connectivity index (χ2v) is 8.91. The van der Waals surface area contributed by atoms with Gasteiger partial charge in [0.1, 0.15) is 19.2 Å². The standard InChI is InChI=1S/C26H27N7O8/c1-14-3-4-16(24(36)31-20-7-8-41-32-20)9-19(14)33(26(38)40-13-39-21(35)11-34)23(29-12-27)22-15(2)18(10-28-22)25(37)30-17-5-6-17/h3-4,7-10,12,17,27-28,34H,5-6,11,13H2,1-2H3,(H,30,37)(H,31,32,36). The van der Waals surface area contributed by atoms with Crippen molar-refractivity contribution >= 4 is 47.6 Å². The van der Waals surface area contributed by atoms with E-state index in [0.29, 0.717) is 23.0 Å². The molecular formula is C26H27N7O8. The van der Waals surface area contributed by atoms with Gasteiger partial charge in [0.15, 0.2) is 11.7 Å². The van der Waals surface area contributed by atoms with Crippen molar-refractivity contribution in [1.29, 1.82) is 5.41 Å². The van der Waals surface area contributed by atoms with E-state index in [1.807, 2.05) is 0 Å². The van der Waals surface area contributed by atoms with Crippen LogP contribution >= 0.6 is 0 Å². The number of anilines is 2. The van der Waals surface area contributed by atoms with Crippen LogP contribution in [0.5, 0.6) is 0 Å². The maximum atomic E-state index is 13.5. The number of rotatable bonds is 10. The van der Waals surface area contributed by atoms with Gasteiger partial charge in [0.05, 0.1) is 16.9 Å². The zero-order chi connectivity index (χ0) is 29.5. The van der Waals surface area contributed by atoms with Crippen molar-refractivity contribution in [3.05, 3.63) is 64.7 Å². The average molecular weight is 566 g/mol. The monoisotopic (exact) mass is 565 g/mol. The third kappa shape index (κ3) is 6.83. The largest absolute Gasteiger partial charge is 0.426 e. The van der Waals surface area contributed by atoms with Gasteiger partial charge >= 0.3 is 12.1 Å². The van der Waals surface area contributed by atoms with Crippen molar-refractivity contribution in [3.63, 3.8) is 0 Å². The van der Waals surface area contributed by atoms with Crippen molar-refractivity contribution < 1.29 is 38.3 Å². The molecule has 1 fully saturated rings. The first-order chi connectivity index (χ1) is 19.7. The number of carbonyl (C=O) groups excluding carboxylic acids is 4. The summed E-state index contributed by atoms with van der Waals surface area (Å²) in [5.74, 6) is -1.87. The first-order valence-electron chi connectivity index (χ1n) is 12.3. The molecule has 0 bridgehead atoms. The maximum absolute atomic E-state index is 13.5. The van der Waals surface area contributed by atoms with Gasteiger partial charge < -0.3 is 34.7 Å². The smallest absolute Gasteiger partial charge is 0.423 e. The number of esters is 1. The number of aliphatic hydroxyl groups is 1. The predicted octanol–water partition coefficient (Wildman–Crippen LogP) is 2.25. The fourth-order valence-electron chi connectivity index (χ4n) is 3.76. The number of aromatic amines is 1. The molecule has 15 nitrogen and oxygen atoms in total. The first-order valence-corrected chi connectivity index (χ1v) is 12.3. The maximum Gasteiger partial charge on any atom is 0.423 e. The number of amidine groups is 1. The molecule has 4 rings (SSSR count). The second-order valence-electron chi connectivity index (χ2n) is 8.91. The molecule has 2 heterocycles. The number of carbonyl (C=O) groups is 4. The Kier molecular flexibility index (Phi) is 8.88. The Morgan fingerprint density at radius 2 is 2.00 bits per heavy atom. The molecule has 1 aliphatic rings. The number of aromatic nitrogens is 2. The molecule has 0 unspecified atom stereocenters. The van der Waals surface area contributed by atoms with Crippen molar-refractivity contribution in [1.82, 2.24) is 15.5 Å². The first kappa shape index (κ1) is 28.7. The predicted molar refractivity (Wildman–Crippen MR) is 144 cm³/mol. The molecule has 3 aromatic rings. The Labute approximate surface area is 233 Å². The van der Waals surface area contributed by atoms with Gasteiger partial charge in [-0.2, -0.15) is 0 Å². The quantitative estimate of drug-likeness (QED) is 0.105. The number of ether oxygens (including phenoxy) is 2. The van der Waals surface area contributed by atoms with Crippen LogP contribution in [0.4, 0.5) is 16.3 Å². The number of H-pyrrole nitrogens is 1. The van der Waals surface area contributed by atoms with Crippen molar-refractivity contribution in [2.75, 3.05) is 23.6 Å². The highest BCUT2D eigenvalue weighted by atomic mass is 16.7. The topological polar surface area (TPSA) is 212 Å². The van der Waals surface area contributed by atoms with E-state index in [4.69, 9.17) is 19.8 Å². The lowest BCUT2D eigenvalue weighted by atomic mass is 10.1. The molecule has 0 aliphatic heterocycles. The summed E-state index contributed by atoms with van der Waals surface area (Å²) in [6.45, 7) is 1.56. The Bertz CT molecular complexity index is 1490. The normalized spacial score (nSPS) is 12.8. The van der Waals surface area contributed by atoms with Crippen LogP contribution in [0.15, 0.2) is 46.2 Å². The third-order valence-corrected chi connectivity index (χ3v) is 6.02. The SMILES string of the molecule is Cc1ccc(C(=O)Nc2ccon2)cc1N(C(=O)OCOC(=O)CO)C(=NC=N)c1[nH]cc(C(=O)NC2CC2)c1C. The molecule has 0 atom stereocenters. The number of nitrogens with one attached hydrogen (secondary N) is 4. The van der Waals surface area contributed by atoms with E-state index in [0.717, 1.165) is 17.7 Å². The van der Waals surface area contributed by atoms with Crippen LogP contribution < -0.4 is 15.5 Å². The van der Waals surface area contributed by atoms with E-state index < -0.39 is 31.4 Å². The summed E-state index contributed by atoms with van der Waals surface area (Å²) in [5.41, 5.74) is 1.73. The highest BCUT2D eigenvalue weighted by Crippen LogP contribution is 2.28. The molecule has 41 heavy (non-hydrogen) atoms. The average Bonchev–Trinajstić information content (AvgIpc) is 3.45. The summed E-state index contributed by atoms with van der Waals surface area (Å²) in [6, 6.07) is 6.05. The van der Waals surface area contributed by atoms with E-state index >= 15 is 0 Å². The zero-order valence-electron chi connectivity index (χ0n) is 22.1. The summed E-state index contributed by atoms with van der Waals surface area (Å²) >= 11 is 0. The molecule has 15 heteroatoms. The fourth-order valence-corrected chi connectivity index (χ4v) is 3.76. The van der Waals surface area contributed by atoms with Crippen LogP contribution in [0.2, 0.25) is 0 Å². The molecule has 2 aromatic heterocycles. The summed E-state index contributed by atoms with van der Waals surface area (Å²) in [6.07, 6.45) is 4.14. The van der Waals surface area contributed by atoms with Gasteiger partial charge in [0.2, 0.25) is 6.79 Å². The molecular weight excluding hydrogens is 538 g/mol. The van der Waals surface area contributed by atoms with E-state index in [1.165, 1.54) is 30.7 Å². The minimum absolute atomic E-state index is 0.108. The Balaban J connectivity index is 1.75. The summed E-state index contributed by atoms with van der Waals surface area (Å²) in [4.78, 5) is 58.5. The summed E-state index contributed by atoms with van der Waals surface area (Å²) in [5, 5.41) is 25.7. The summed E-state index contributed by atoms with van der Waals surface area (Å²) < 4.78 is 14.5. The zero-order valence-corrected chi connectivity index (χ0v) is 22.1. The number of hydrogen-bond acceptors (Lipinski definition) is 10. The molecule has 0 spiro atoms. The molecule has 0 saturated heterocycles. The molecule has 1 aromatic carbocycles. The molecule has 5 N–H and O–H groups in total. The van der Waals surface area contributed by atoms with Gasteiger partial charge in [0.25, 0.3) is 11.8 Å². The van der Waals surface area contributed by atoms with E-state index in [2.05, 4.69) is 30.5 Å². The lowest BCUT2D eigenvalue weighted by Gasteiger charge is -2.25. The number of aliphatic imine (C=N–C) groups is 1. The van der Waals surface area contributed by atoms with Crippen LogP contribution in [0.1, 0.15) is 50.4 Å². The van der Waals surface area contributed by atoms with Crippen LogP contribution in [0.3, 0.4) is 0 Å². The lowest BCUT2D eigenvalue weighted by Crippen LogP contribution is -2.40. The summed E-state index contributed by atoms with van der Waals surface area (Å²) in [7, 11) is 0. The third-order valence-electron chi connectivity index (χ3n) is 6.02. The number of benzene rings is 1. The van der Waals surface area contributed by atoms with Crippen LogP contribution in [0.25, 0.3) is 0 Å². The number of amides is 3. The number of nitrogens with zero attached hydrogens (tertiary/aromatic N) is 3. The van der Waals surface area contributed by atoms with Gasteiger partial charge in [-0.25, -0.2) is 19.5 Å². The van der Waals surface area contributed by atoms with Gasteiger partial charge in [-0.3, -0.25) is 15.0 Å². The van der Waals surface area contributed by atoms with E-state index in [1.54, 1.807) is 19.9 Å². The molecule has 0 radical (unpaired) electrons. The van der Waals surface area contributed by atoms with Crippen molar-refractivity contribution in [2.24, 2.45) is 4.99 Å². The Morgan fingerprint density at radius 3 is 2.66 bits per heavy atom. The van der Waals surface area contributed by atoms with Crippen molar-refractivity contribution in [2.45, 2.75) is 32.7 Å². The van der Waals surface area contributed by atoms with Crippen LogP contribution in [-0.4, -0.2) is 70.7 Å². The van der Waals surface area contributed by atoms with Gasteiger partial charge in [-0.1, -0.05) is 11.2 Å². The van der Waals surface area contributed by atoms with Crippen LogP contribution in [-0.2, 0) is 14.3 Å². The highest BCUT2D eigenvalue weighted by molar-refractivity contribution is 6.24. The number of hydrogen-bond donors (Lipinski definition) is 5. The molecule has 1 aliphatic carbocycles. The molecule has 3 amide bonds. The van der Waals surface area contributed by atoms with E-state index in [-0.39, 0.29) is 40.5 Å². The van der Waals surface area contributed by atoms with Gasteiger partial charge in [0, 0.05) is 23.9 Å². The highest BCUT2D eigenvalue weighted by Gasteiger charge is 2.31. The number of aryl methyl sites for hydroxylation is 1. The van der Waals surface area contributed by atoms with E-state index in [9.17, 15) is 19.2 Å². The molecule has 1 saturated carbocycles. The Morgan fingerprint density at radius 1 is 1.22 bits per heavy atom. The van der Waals surface area contributed by atoms with Gasteiger partial charge in [-0.05, 0) is 49.9 Å². The minimum atomic E-state index is -1.09. The fraction of sp³-hybridized carbons (Fsp3) is 0.269. The van der Waals surface area contributed by atoms with Crippen LogP contribution in [0, 0.1) is 19.3 Å². The minimum Gasteiger partial charge on any atom is -0.426 e. The lowest BCUT2D eigenvalue weighted by molar-refractivity contribution is -0.154.